The third-order valence-electron chi connectivity index (χ3n) is 7.81. The van der Waals surface area contributed by atoms with Gasteiger partial charge >= 0.3 is 0 Å². The predicted octanol–water partition coefficient (Wildman–Crippen LogP) is 5.42. The van der Waals surface area contributed by atoms with Crippen molar-refractivity contribution in [3.63, 3.8) is 0 Å². The van der Waals surface area contributed by atoms with E-state index in [4.69, 9.17) is 0 Å². The van der Waals surface area contributed by atoms with Crippen molar-refractivity contribution in [1.29, 1.82) is 0 Å². The number of likely N-dealkylation sites (tertiary alicyclic amines) is 1. The second-order valence-corrected chi connectivity index (χ2v) is 9.94. The number of amides is 1. The fourth-order valence-electron chi connectivity index (χ4n) is 6.09. The summed E-state index contributed by atoms with van der Waals surface area (Å²) in [6.45, 7) is 2.85. The van der Waals surface area contributed by atoms with E-state index in [0.717, 1.165) is 56.2 Å². The maximum Gasteiger partial charge on any atom is 0.299 e. The Morgan fingerprint density at radius 3 is 2.49 bits per heavy atom. The highest BCUT2D eigenvalue weighted by molar-refractivity contribution is 6.52. The van der Waals surface area contributed by atoms with Gasteiger partial charge in [-0.05, 0) is 73.8 Å². The van der Waals surface area contributed by atoms with E-state index >= 15 is 0 Å². The summed E-state index contributed by atoms with van der Waals surface area (Å²) in [6, 6.07) is 15.7. The number of carbonyl (C=O) groups is 2. The molecule has 0 aromatic heterocycles. The molecule has 3 aromatic rings. The minimum atomic E-state index is -0.900. The lowest BCUT2D eigenvalue weighted by Crippen LogP contribution is -2.45. The van der Waals surface area contributed by atoms with Gasteiger partial charge in [-0.15, -0.1) is 0 Å². The molecule has 5 nitrogen and oxygen atoms in total. The van der Waals surface area contributed by atoms with E-state index in [9.17, 15) is 22.8 Å². The Morgan fingerprint density at radius 2 is 1.65 bits per heavy atom. The van der Waals surface area contributed by atoms with Crippen LogP contribution in [0.1, 0.15) is 41.1 Å². The summed E-state index contributed by atoms with van der Waals surface area (Å²) in [5.41, 5.74) is 3.43. The van der Waals surface area contributed by atoms with Crippen molar-refractivity contribution in [2.75, 3.05) is 36.0 Å². The molecule has 0 radical (unpaired) electrons. The first-order valence-corrected chi connectivity index (χ1v) is 12.6. The standard InChI is InChI=1S/C29H26F3N3O2/c30-18-7-10-26-21(15-18)22-17-33(14-11-27(22)35(26)19-8-9-23(31)24(32)16-19)12-3-4-13-34-25-6-2-1-5-20(25)28(36)29(34)37/h1-2,5-10,15-16,22,27H,3-4,11-14,17H2/t22-,27+/m0/s1. The molecule has 0 saturated carbocycles. The van der Waals surface area contributed by atoms with Crippen molar-refractivity contribution in [3.05, 3.63) is 89.2 Å². The first-order chi connectivity index (χ1) is 17.9. The lowest BCUT2D eigenvalue weighted by molar-refractivity contribution is -0.114. The fraction of sp³-hybridized carbons (Fsp3) is 0.310. The molecule has 1 fully saturated rings. The number of halogens is 3. The number of ketones is 1. The maximum atomic E-state index is 14.2. The molecule has 3 heterocycles. The molecular weight excluding hydrogens is 479 g/mol. The van der Waals surface area contributed by atoms with Crippen molar-refractivity contribution in [1.82, 2.24) is 4.90 Å². The lowest BCUT2D eigenvalue weighted by Gasteiger charge is -2.39. The second-order valence-electron chi connectivity index (χ2n) is 9.94. The molecule has 0 unspecified atom stereocenters. The number of rotatable bonds is 6. The number of fused-ring (bicyclic) bond motifs is 4. The van der Waals surface area contributed by atoms with Crippen LogP contribution in [0.3, 0.4) is 0 Å². The molecule has 3 aromatic carbocycles. The molecule has 0 aliphatic carbocycles. The minimum absolute atomic E-state index is 0.0302. The number of hydrogen-bond acceptors (Lipinski definition) is 4. The van der Waals surface area contributed by atoms with Gasteiger partial charge in [0.05, 0.1) is 11.3 Å². The Bertz CT molecular complexity index is 1390. The summed E-state index contributed by atoms with van der Waals surface area (Å²) in [5.74, 6) is -2.98. The molecule has 0 spiro atoms. The Balaban J connectivity index is 1.13. The monoisotopic (exact) mass is 505 g/mol. The number of nitrogens with zero attached hydrogens (tertiary/aromatic N) is 3. The zero-order chi connectivity index (χ0) is 25.7. The summed E-state index contributed by atoms with van der Waals surface area (Å²) in [7, 11) is 0. The summed E-state index contributed by atoms with van der Waals surface area (Å²) < 4.78 is 41.9. The zero-order valence-corrected chi connectivity index (χ0v) is 20.2. The van der Waals surface area contributed by atoms with Gasteiger partial charge in [0.25, 0.3) is 11.7 Å². The van der Waals surface area contributed by atoms with Crippen molar-refractivity contribution >= 4 is 28.8 Å². The van der Waals surface area contributed by atoms with E-state index < -0.39 is 23.3 Å². The molecule has 3 aliphatic rings. The van der Waals surface area contributed by atoms with Gasteiger partial charge in [0.1, 0.15) is 5.82 Å². The smallest absolute Gasteiger partial charge is 0.299 e. The van der Waals surface area contributed by atoms with E-state index in [0.29, 0.717) is 23.5 Å². The highest BCUT2D eigenvalue weighted by Gasteiger charge is 2.43. The average molecular weight is 506 g/mol. The largest absolute Gasteiger partial charge is 0.337 e. The second kappa shape index (κ2) is 9.34. The molecule has 2 atom stereocenters. The van der Waals surface area contributed by atoms with Crippen molar-refractivity contribution < 1.29 is 22.8 Å². The molecule has 1 amide bonds. The molecule has 6 rings (SSSR count). The number of Topliss-reactive ketones (excluding diaryl/α,β-unsaturated/α-hetero) is 1. The van der Waals surface area contributed by atoms with Crippen LogP contribution < -0.4 is 9.80 Å². The van der Waals surface area contributed by atoms with Gasteiger partial charge in [0.15, 0.2) is 11.6 Å². The Hall–Kier alpha value is -3.65. The molecule has 8 heteroatoms. The normalized spacial score (nSPS) is 20.8. The number of para-hydroxylation sites is 1. The van der Waals surface area contributed by atoms with Crippen LogP contribution in [0.25, 0.3) is 0 Å². The summed E-state index contributed by atoms with van der Waals surface area (Å²) >= 11 is 0. The summed E-state index contributed by atoms with van der Waals surface area (Å²) in [6.07, 6.45) is 2.40. The molecule has 0 bridgehead atoms. The van der Waals surface area contributed by atoms with Crippen molar-refractivity contribution in [2.45, 2.75) is 31.2 Å². The molecule has 190 valence electrons. The molecule has 1 saturated heterocycles. The maximum absolute atomic E-state index is 14.2. The number of benzene rings is 3. The van der Waals surface area contributed by atoms with Crippen LogP contribution in [-0.4, -0.2) is 48.8 Å². The number of unbranched alkanes of at least 4 members (excludes halogenated alkanes) is 1. The van der Waals surface area contributed by atoms with Gasteiger partial charge in [0.2, 0.25) is 0 Å². The minimum Gasteiger partial charge on any atom is -0.337 e. The Kier molecular flexibility index (Phi) is 5.99. The van der Waals surface area contributed by atoms with Gasteiger partial charge < -0.3 is 14.7 Å². The van der Waals surface area contributed by atoms with Gasteiger partial charge in [-0.25, -0.2) is 13.2 Å². The molecule has 0 N–H and O–H groups in total. The van der Waals surface area contributed by atoms with Gasteiger partial charge in [-0.1, -0.05) is 12.1 Å². The van der Waals surface area contributed by atoms with Crippen molar-refractivity contribution in [3.8, 4) is 0 Å². The number of piperidine rings is 1. The van der Waals surface area contributed by atoms with Crippen LogP contribution in [0.5, 0.6) is 0 Å². The number of hydrogen-bond donors (Lipinski definition) is 0. The SMILES string of the molecule is O=C1C(=O)N(CCCCN2CC[C@@H]3[C@@H](C2)c2cc(F)ccc2N3c2ccc(F)c(F)c2)c2ccccc21. The van der Waals surface area contributed by atoms with E-state index in [1.807, 2.05) is 11.0 Å². The van der Waals surface area contributed by atoms with E-state index in [1.54, 1.807) is 41.3 Å². The highest BCUT2D eigenvalue weighted by atomic mass is 19.2. The summed E-state index contributed by atoms with van der Waals surface area (Å²) in [5, 5.41) is 0. The number of anilines is 3. The Morgan fingerprint density at radius 1 is 0.838 bits per heavy atom. The van der Waals surface area contributed by atoms with Crippen LogP contribution in [0.4, 0.5) is 30.2 Å². The van der Waals surface area contributed by atoms with Crippen LogP contribution in [0.15, 0.2) is 60.7 Å². The van der Waals surface area contributed by atoms with Crippen LogP contribution in [0.2, 0.25) is 0 Å². The topological polar surface area (TPSA) is 43.9 Å². The van der Waals surface area contributed by atoms with E-state index in [-0.39, 0.29) is 17.8 Å². The van der Waals surface area contributed by atoms with Gasteiger partial charge in [-0.2, -0.15) is 0 Å². The van der Waals surface area contributed by atoms with Crippen molar-refractivity contribution in [2.24, 2.45) is 0 Å². The van der Waals surface area contributed by atoms with Gasteiger partial charge in [0, 0.05) is 49.0 Å². The third kappa shape index (κ3) is 4.09. The van der Waals surface area contributed by atoms with Crippen LogP contribution in [0, 0.1) is 17.5 Å². The number of carbonyl (C=O) groups excluding carboxylic acids is 2. The quantitative estimate of drug-likeness (QED) is 0.331. The van der Waals surface area contributed by atoms with Crippen LogP contribution in [-0.2, 0) is 4.79 Å². The van der Waals surface area contributed by atoms with E-state index in [1.165, 1.54) is 12.1 Å². The third-order valence-corrected chi connectivity index (χ3v) is 7.81. The van der Waals surface area contributed by atoms with E-state index in [2.05, 4.69) is 4.90 Å². The van der Waals surface area contributed by atoms with Crippen LogP contribution >= 0.6 is 0 Å². The molecule has 37 heavy (non-hydrogen) atoms. The first-order valence-electron chi connectivity index (χ1n) is 12.6. The predicted molar refractivity (Wildman–Crippen MR) is 135 cm³/mol. The van der Waals surface area contributed by atoms with Gasteiger partial charge in [-0.3, -0.25) is 9.59 Å². The average Bonchev–Trinajstić information content (AvgIpc) is 3.34. The fourth-order valence-corrected chi connectivity index (χ4v) is 6.09. The molecule has 3 aliphatic heterocycles. The summed E-state index contributed by atoms with van der Waals surface area (Å²) in [4.78, 5) is 30.5. The Labute approximate surface area is 213 Å². The first kappa shape index (κ1) is 23.7. The molecular formula is C29H26F3N3O2. The zero-order valence-electron chi connectivity index (χ0n) is 20.2. The highest BCUT2D eigenvalue weighted by Crippen LogP contribution is 2.48. The lowest BCUT2D eigenvalue weighted by atomic mass is 9.89.